The van der Waals surface area contributed by atoms with E-state index < -0.39 is 4.92 Å². The molecular formula is C14H10BrNO4. The number of ether oxygens (including phenoxy) is 1. The van der Waals surface area contributed by atoms with Crippen LogP contribution in [0.25, 0.3) is 0 Å². The molecule has 0 saturated carbocycles. The minimum atomic E-state index is -0.515. The average Bonchev–Trinajstić information content (AvgIpc) is 2.43. The molecule has 102 valence electrons. The van der Waals surface area contributed by atoms with E-state index in [9.17, 15) is 14.9 Å². The standard InChI is InChI=1S/C14H10BrNO4/c1-9-5-6-10(8-17)7-13(9)20-14-11(15)3-2-4-12(14)16(18)19/h2-8H,1H3. The van der Waals surface area contributed by atoms with Crippen LogP contribution in [0.15, 0.2) is 40.9 Å². The fraction of sp³-hybridized carbons (Fsp3) is 0.0714. The van der Waals surface area contributed by atoms with Crippen LogP contribution in [0.1, 0.15) is 15.9 Å². The van der Waals surface area contributed by atoms with Crippen molar-refractivity contribution in [3.63, 3.8) is 0 Å². The van der Waals surface area contributed by atoms with Crippen LogP contribution in [-0.2, 0) is 0 Å². The van der Waals surface area contributed by atoms with Gasteiger partial charge >= 0.3 is 5.69 Å². The zero-order chi connectivity index (χ0) is 14.7. The third-order valence-electron chi connectivity index (χ3n) is 2.70. The molecule has 20 heavy (non-hydrogen) atoms. The summed E-state index contributed by atoms with van der Waals surface area (Å²) in [7, 11) is 0. The largest absolute Gasteiger partial charge is 0.449 e. The SMILES string of the molecule is Cc1ccc(C=O)cc1Oc1c(Br)cccc1[N+](=O)[O-]. The Balaban J connectivity index is 2.49. The lowest BCUT2D eigenvalue weighted by molar-refractivity contribution is -0.385. The van der Waals surface area contributed by atoms with E-state index in [0.717, 1.165) is 5.56 Å². The number of halogens is 1. The van der Waals surface area contributed by atoms with Crippen LogP contribution in [0.5, 0.6) is 11.5 Å². The van der Waals surface area contributed by atoms with Crippen LogP contribution in [0.3, 0.4) is 0 Å². The monoisotopic (exact) mass is 335 g/mol. The second-order valence-electron chi connectivity index (χ2n) is 4.09. The Labute approximate surface area is 123 Å². The number of carbonyl (C=O) groups is 1. The van der Waals surface area contributed by atoms with Crippen molar-refractivity contribution in [2.24, 2.45) is 0 Å². The van der Waals surface area contributed by atoms with E-state index in [1.807, 2.05) is 0 Å². The molecule has 5 nitrogen and oxygen atoms in total. The van der Waals surface area contributed by atoms with Crippen LogP contribution in [0.4, 0.5) is 5.69 Å². The van der Waals surface area contributed by atoms with Gasteiger partial charge < -0.3 is 4.74 Å². The molecule has 0 heterocycles. The van der Waals surface area contributed by atoms with Gasteiger partial charge in [0.1, 0.15) is 12.0 Å². The number of aryl methyl sites for hydroxylation is 1. The number of aldehydes is 1. The summed E-state index contributed by atoms with van der Waals surface area (Å²) < 4.78 is 6.10. The molecular weight excluding hydrogens is 326 g/mol. The van der Waals surface area contributed by atoms with Crippen molar-refractivity contribution < 1.29 is 14.5 Å². The molecule has 0 aliphatic carbocycles. The van der Waals surface area contributed by atoms with Gasteiger partial charge in [-0.3, -0.25) is 14.9 Å². The molecule has 0 amide bonds. The predicted molar refractivity (Wildman–Crippen MR) is 77.4 cm³/mol. The second kappa shape index (κ2) is 5.83. The summed E-state index contributed by atoms with van der Waals surface area (Å²) in [5.41, 5.74) is 1.08. The lowest BCUT2D eigenvalue weighted by atomic mass is 10.1. The van der Waals surface area contributed by atoms with Gasteiger partial charge in [0.2, 0.25) is 5.75 Å². The minimum Gasteiger partial charge on any atom is -0.449 e. The Morgan fingerprint density at radius 2 is 2.05 bits per heavy atom. The summed E-state index contributed by atoms with van der Waals surface area (Å²) in [5.74, 6) is 0.522. The normalized spacial score (nSPS) is 10.1. The first kappa shape index (κ1) is 14.2. The molecule has 0 N–H and O–H groups in total. The van der Waals surface area contributed by atoms with Crippen molar-refractivity contribution in [1.29, 1.82) is 0 Å². The highest BCUT2D eigenvalue weighted by atomic mass is 79.9. The zero-order valence-electron chi connectivity index (χ0n) is 10.5. The Hall–Kier alpha value is -2.21. The van der Waals surface area contributed by atoms with Gasteiger partial charge in [-0.2, -0.15) is 0 Å². The molecule has 2 rings (SSSR count). The van der Waals surface area contributed by atoms with Crippen molar-refractivity contribution in [3.8, 4) is 11.5 Å². The number of carbonyl (C=O) groups excluding carboxylic acids is 1. The Morgan fingerprint density at radius 1 is 1.30 bits per heavy atom. The van der Waals surface area contributed by atoms with Gasteiger partial charge in [0.05, 0.1) is 9.40 Å². The van der Waals surface area contributed by atoms with Crippen molar-refractivity contribution >= 4 is 27.9 Å². The number of hydrogen-bond donors (Lipinski definition) is 0. The van der Waals surface area contributed by atoms with Crippen molar-refractivity contribution in [2.75, 3.05) is 0 Å². The fourth-order valence-corrected chi connectivity index (χ4v) is 2.09. The van der Waals surface area contributed by atoms with E-state index in [1.54, 1.807) is 37.3 Å². The van der Waals surface area contributed by atoms with E-state index in [-0.39, 0.29) is 11.4 Å². The summed E-state index contributed by atoms with van der Waals surface area (Å²) >= 11 is 3.23. The molecule has 0 atom stereocenters. The number of hydrogen-bond acceptors (Lipinski definition) is 4. The first-order valence-corrected chi connectivity index (χ1v) is 6.49. The van der Waals surface area contributed by atoms with E-state index in [4.69, 9.17) is 4.74 Å². The first-order valence-electron chi connectivity index (χ1n) is 5.69. The van der Waals surface area contributed by atoms with E-state index in [0.29, 0.717) is 22.1 Å². The smallest absolute Gasteiger partial charge is 0.312 e. The number of nitro groups is 1. The zero-order valence-corrected chi connectivity index (χ0v) is 12.1. The van der Waals surface area contributed by atoms with Gasteiger partial charge in [-0.1, -0.05) is 18.2 Å². The maximum Gasteiger partial charge on any atom is 0.312 e. The third kappa shape index (κ3) is 2.85. The van der Waals surface area contributed by atoms with Crippen LogP contribution in [-0.4, -0.2) is 11.2 Å². The molecule has 2 aromatic rings. The molecule has 6 heteroatoms. The van der Waals surface area contributed by atoms with Gasteiger partial charge in [-0.25, -0.2) is 0 Å². The molecule has 0 aliphatic rings. The lowest BCUT2D eigenvalue weighted by Gasteiger charge is -2.10. The highest BCUT2D eigenvalue weighted by molar-refractivity contribution is 9.10. The Bertz CT molecular complexity index is 685. The van der Waals surface area contributed by atoms with E-state index in [1.165, 1.54) is 6.07 Å². The highest BCUT2D eigenvalue weighted by Crippen LogP contribution is 2.38. The fourth-order valence-electron chi connectivity index (χ4n) is 1.65. The molecule has 0 aromatic heterocycles. The molecule has 0 spiro atoms. The average molecular weight is 336 g/mol. The number of para-hydroxylation sites is 1. The molecule has 0 radical (unpaired) electrons. The van der Waals surface area contributed by atoms with E-state index in [2.05, 4.69) is 15.9 Å². The Kier molecular flexibility index (Phi) is 4.14. The van der Waals surface area contributed by atoms with Crippen molar-refractivity contribution in [3.05, 3.63) is 62.1 Å². The van der Waals surface area contributed by atoms with Crippen LogP contribution in [0.2, 0.25) is 0 Å². The molecule has 0 saturated heterocycles. The number of nitrogens with zero attached hydrogens (tertiary/aromatic N) is 1. The Morgan fingerprint density at radius 3 is 2.70 bits per heavy atom. The van der Waals surface area contributed by atoms with Gasteiger partial charge in [-0.05, 0) is 40.5 Å². The summed E-state index contributed by atoms with van der Waals surface area (Å²) in [6.45, 7) is 1.80. The van der Waals surface area contributed by atoms with Crippen LogP contribution in [0, 0.1) is 17.0 Å². The topological polar surface area (TPSA) is 69.4 Å². The van der Waals surface area contributed by atoms with Gasteiger partial charge in [-0.15, -0.1) is 0 Å². The summed E-state index contributed by atoms with van der Waals surface area (Å²) in [5, 5.41) is 11.0. The van der Waals surface area contributed by atoms with Crippen molar-refractivity contribution in [2.45, 2.75) is 6.92 Å². The maximum absolute atomic E-state index is 11.0. The third-order valence-corrected chi connectivity index (χ3v) is 3.33. The summed E-state index contributed by atoms with van der Waals surface area (Å²) in [6.07, 6.45) is 0.695. The number of benzene rings is 2. The number of nitro benzene ring substituents is 1. The molecule has 2 aromatic carbocycles. The quantitative estimate of drug-likeness (QED) is 0.475. The predicted octanol–water partition coefficient (Wildman–Crippen LogP) is 4.27. The van der Waals surface area contributed by atoms with Crippen LogP contribution < -0.4 is 4.74 Å². The maximum atomic E-state index is 11.0. The molecule has 0 bridgehead atoms. The number of rotatable bonds is 4. The molecule has 0 aliphatic heterocycles. The molecule has 0 fully saturated rings. The van der Waals surface area contributed by atoms with Gasteiger partial charge in [0.15, 0.2) is 0 Å². The summed E-state index contributed by atoms with van der Waals surface area (Å²) in [6, 6.07) is 9.50. The van der Waals surface area contributed by atoms with Gasteiger partial charge in [0.25, 0.3) is 0 Å². The second-order valence-corrected chi connectivity index (χ2v) is 4.94. The minimum absolute atomic E-state index is 0.114. The highest BCUT2D eigenvalue weighted by Gasteiger charge is 2.19. The van der Waals surface area contributed by atoms with E-state index >= 15 is 0 Å². The lowest BCUT2D eigenvalue weighted by Crippen LogP contribution is -1.96. The summed E-state index contributed by atoms with van der Waals surface area (Å²) in [4.78, 5) is 21.3. The van der Waals surface area contributed by atoms with Gasteiger partial charge in [0, 0.05) is 11.6 Å². The molecule has 0 unspecified atom stereocenters. The van der Waals surface area contributed by atoms with Crippen molar-refractivity contribution in [1.82, 2.24) is 0 Å². The van der Waals surface area contributed by atoms with Crippen LogP contribution >= 0.6 is 15.9 Å². The first-order chi connectivity index (χ1) is 9.52.